The molecule has 1 aromatic carbocycles. The van der Waals surface area contributed by atoms with Gasteiger partial charge in [0.05, 0.1) is 17.7 Å². The number of benzene rings is 1. The van der Waals surface area contributed by atoms with Crippen molar-refractivity contribution in [2.24, 2.45) is 0 Å². The smallest absolute Gasteiger partial charge is 0.391 e. The van der Waals surface area contributed by atoms with E-state index in [0.717, 1.165) is 16.5 Å². The molecule has 3 rings (SSSR count). The quantitative estimate of drug-likeness (QED) is 0.707. The number of anilines is 2. The Labute approximate surface area is 151 Å². The number of hydrogen-bond donors (Lipinski definition) is 2. The number of rotatable bonds is 3. The van der Waals surface area contributed by atoms with Gasteiger partial charge >= 0.3 is 6.18 Å². The topological polar surface area (TPSA) is 66.6 Å². The first kappa shape index (κ1) is 19.7. The van der Waals surface area contributed by atoms with Crippen LogP contribution in [0.2, 0.25) is 5.02 Å². The lowest BCUT2D eigenvalue weighted by atomic mass is 10.2. The average Bonchev–Trinajstić information content (AvgIpc) is 2.54. The summed E-state index contributed by atoms with van der Waals surface area (Å²) in [5.74, 6) is -0.161. The van der Waals surface area contributed by atoms with E-state index >= 15 is 0 Å². The fourth-order valence-corrected chi connectivity index (χ4v) is 2.56. The van der Waals surface area contributed by atoms with Crippen molar-refractivity contribution in [3.63, 3.8) is 0 Å². The molecule has 26 heavy (non-hydrogen) atoms. The zero-order valence-electron chi connectivity index (χ0n) is 12.5. The third-order valence-electron chi connectivity index (χ3n) is 3.50. The normalized spacial score (nSPS) is 11.3. The van der Waals surface area contributed by atoms with Crippen molar-refractivity contribution in [3.8, 4) is 0 Å². The van der Waals surface area contributed by atoms with Gasteiger partial charge in [0.1, 0.15) is 5.82 Å². The van der Waals surface area contributed by atoms with E-state index < -0.39 is 29.6 Å². The van der Waals surface area contributed by atoms with Crippen molar-refractivity contribution in [2.75, 3.05) is 5.32 Å². The molecule has 9 heteroatoms. The van der Waals surface area contributed by atoms with Gasteiger partial charge in [-0.1, -0.05) is 25.1 Å². The van der Waals surface area contributed by atoms with E-state index in [9.17, 15) is 23.1 Å². The van der Waals surface area contributed by atoms with Crippen LogP contribution in [0, 0.1) is 0 Å². The Balaban J connectivity index is 0.00000243. The molecule has 5 nitrogen and oxygen atoms in total. The number of aliphatic hydroxyl groups is 1. The maximum atomic E-state index is 13.2. The predicted octanol–water partition coefficient (Wildman–Crippen LogP) is 4.24. The van der Waals surface area contributed by atoms with Crippen molar-refractivity contribution in [1.82, 2.24) is 9.38 Å². The van der Waals surface area contributed by atoms with Gasteiger partial charge in [-0.3, -0.25) is 9.20 Å². The molecule has 138 valence electrons. The highest BCUT2D eigenvalue weighted by atomic mass is 35.5. The summed E-state index contributed by atoms with van der Waals surface area (Å²) in [6.45, 7) is -0.687. The Morgan fingerprint density at radius 3 is 2.58 bits per heavy atom. The Morgan fingerprint density at radius 2 is 1.96 bits per heavy atom. The number of aliphatic hydroxyl groups excluding tert-OH is 1. The second-order valence-electron chi connectivity index (χ2n) is 5.15. The van der Waals surface area contributed by atoms with Crippen molar-refractivity contribution in [3.05, 3.63) is 69.1 Å². The molecule has 0 aliphatic carbocycles. The number of halogens is 4. The lowest BCUT2D eigenvalue weighted by molar-refractivity contribution is -0.136. The van der Waals surface area contributed by atoms with Crippen LogP contribution in [-0.4, -0.2) is 14.5 Å². The molecule has 0 saturated heterocycles. The molecule has 0 saturated carbocycles. The minimum absolute atomic E-state index is 0. The van der Waals surface area contributed by atoms with Gasteiger partial charge in [-0.15, -0.1) is 0 Å². The second-order valence-corrected chi connectivity index (χ2v) is 5.59. The molecule has 0 spiro atoms. The van der Waals surface area contributed by atoms with E-state index in [1.807, 2.05) is 0 Å². The van der Waals surface area contributed by atoms with Crippen LogP contribution in [0.5, 0.6) is 0 Å². The van der Waals surface area contributed by atoms with Crippen molar-refractivity contribution in [2.45, 2.75) is 20.2 Å². The lowest BCUT2D eigenvalue weighted by Crippen LogP contribution is -2.24. The fraction of sp³-hybridized carbons (Fsp3) is 0.176. The van der Waals surface area contributed by atoms with Gasteiger partial charge in [-0.25, -0.2) is 4.98 Å². The minimum atomic E-state index is -4.68. The first-order chi connectivity index (χ1) is 11.8. The summed E-state index contributed by atoms with van der Waals surface area (Å²) in [5, 5.41) is 12.6. The highest BCUT2D eigenvalue weighted by molar-refractivity contribution is 6.30. The van der Waals surface area contributed by atoms with E-state index in [0.29, 0.717) is 10.7 Å². The lowest BCUT2D eigenvalue weighted by Gasteiger charge is -2.14. The highest BCUT2D eigenvalue weighted by Crippen LogP contribution is 2.32. The van der Waals surface area contributed by atoms with Gasteiger partial charge in [0.15, 0.2) is 5.65 Å². The number of fused-ring (bicyclic) bond motifs is 1. The van der Waals surface area contributed by atoms with E-state index in [4.69, 9.17) is 11.6 Å². The summed E-state index contributed by atoms with van der Waals surface area (Å²) in [6, 6.07) is 8.30. The van der Waals surface area contributed by atoms with Crippen LogP contribution in [0.1, 0.15) is 18.6 Å². The minimum Gasteiger partial charge on any atom is -0.391 e. The molecule has 2 heterocycles. The SMILES string of the molecule is C.O=c1c(CO)c(Nc2cccc(Cl)c2)nc2c(C(F)(F)F)cccn12. The fourth-order valence-electron chi connectivity index (χ4n) is 2.37. The number of alkyl halides is 3. The van der Waals surface area contributed by atoms with Crippen LogP contribution in [0.25, 0.3) is 5.65 Å². The summed E-state index contributed by atoms with van der Waals surface area (Å²) in [7, 11) is 0. The van der Waals surface area contributed by atoms with Gasteiger partial charge < -0.3 is 10.4 Å². The molecule has 2 N–H and O–H groups in total. The molecule has 0 bridgehead atoms. The summed E-state index contributed by atoms with van der Waals surface area (Å²) in [5.41, 5.74) is -2.13. The summed E-state index contributed by atoms with van der Waals surface area (Å²) < 4.78 is 40.4. The number of nitrogens with one attached hydrogen (secondary N) is 1. The first-order valence-electron chi connectivity index (χ1n) is 7.06. The number of hydrogen-bond acceptors (Lipinski definition) is 4. The van der Waals surface area contributed by atoms with Crippen molar-refractivity contribution >= 4 is 28.8 Å². The van der Waals surface area contributed by atoms with E-state index in [1.165, 1.54) is 12.3 Å². The standard InChI is InChI=1S/C16H11ClF3N3O2.CH4/c17-9-3-1-4-10(7-9)21-13-11(8-24)15(25)23-6-2-5-12(14(23)22-13)16(18,19)20;/h1-7,21,24H,8H2;1H4. The first-order valence-corrected chi connectivity index (χ1v) is 7.44. The summed E-state index contributed by atoms with van der Waals surface area (Å²) >= 11 is 5.87. The van der Waals surface area contributed by atoms with Crippen LogP contribution >= 0.6 is 11.6 Å². The average molecular weight is 386 g/mol. The predicted molar refractivity (Wildman–Crippen MR) is 93.9 cm³/mol. The third kappa shape index (κ3) is 3.66. The Morgan fingerprint density at radius 1 is 1.23 bits per heavy atom. The number of aromatic nitrogens is 2. The molecule has 0 unspecified atom stereocenters. The largest absolute Gasteiger partial charge is 0.419 e. The van der Waals surface area contributed by atoms with Crippen LogP contribution < -0.4 is 10.9 Å². The number of pyridine rings is 1. The molecular weight excluding hydrogens is 371 g/mol. The Hall–Kier alpha value is -2.58. The molecule has 2 aromatic heterocycles. The molecule has 0 amide bonds. The van der Waals surface area contributed by atoms with Crippen LogP contribution in [0.4, 0.5) is 24.7 Å². The second kappa shape index (κ2) is 7.35. The van der Waals surface area contributed by atoms with Crippen LogP contribution in [0.15, 0.2) is 47.4 Å². The molecule has 3 aromatic rings. The third-order valence-corrected chi connectivity index (χ3v) is 3.73. The molecule has 0 fully saturated rings. The molecular formula is C17H15ClF3N3O2. The monoisotopic (exact) mass is 385 g/mol. The van der Waals surface area contributed by atoms with Gasteiger partial charge in [-0.05, 0) is 30.3 Å². The van der Waals surface area contributed by atoms with Gasteiger partial charge in [-0.2, -0.15) is 13.2 Å². The maximum absolute atomic E-state index is 13.2. The van der Waals surface area contributed by atoms with Gasteiger partial charge in [0.2, 0.25) is 0 Å². The zero-order valence-corrected chi connectivity index (χ0v) is 13.3. The van der Waals surface area contributed by atoms with Crippen molar-refractivity contribution in [1.29, 1.82) is 0 Å². The Bertz CT molecular complexity index is 1000. The van der Waals surface area contributed by atoms with E-state index in [2.05, 4.69) is 10.3 Å². The van der Waals surface area contributed by atoms with Crippen molar-refractivity contribution < 1.29 is 18.3 Å². The molecule has 0 aliphatic rings. The number of nitrogens with zero attached hydrogens (tertiary/aromatic N) is 2. The van der Waals surface area contributed by atoms with Gasteiger partial charge in [0, 0.05) is 16.9 Å². The van der Waals surface area contributed by atoms with Crippen LogP contribution in [0.3, 0.4) is 0 Å². The van der Waals surface area contributed by atoms with Crippen LogP contribution in [-0.2, 0) is 12.8 Å². The Kier molecular flexibility index (Phi) is 5.58. The zero-order chi connectivity index (χ0) is 18.2. The van der Waals surface area contributed by atoms with E-state index in [-0.39, 0.29) is 18.8 Å². The highest BCUT2D eigenvalue weighted by Gasteiger charge is 2.34. The molecule has 0 aliphatic heterocycles. The molecule has 0 atom stereocenters. The molecule has 0 radical (unpaired) electrons. The summed E-state index contributed by atoms with van der Waals surface area (Å²) in [4.78, 5) is 16.4. The van der Waals surface area contributed by atoms with Gasteiger partial charge in [0.25, 0.3) is 5.56 Å². The summed E-state index contributed by atoms with van der Waals surface area (Å²) in [6.07, 6.45) is -3.51. The van der Waals surface area contributed by atoms with E-state index in [1.54, 1.807) is 18.2 Å². The maximum Gasteiger partial charge on any atom is 0.419 e.